The van der Waals surface area contributed by atoms with Crippen LogP contribution in [0.4, 0.5) is 5.00 Å². The number of nitrogens with zero attached hydrogens (tertiary/aromatic N) is 3. The van der Waals surface area contributed by atoms with Gasteiger partial charge in [-0.2, -0.15) is 9.36 Å². The Balaban J connectivity index is 1.71. The number of ether oxygens (including phenoxy) is 3. The lowest BCUT2D eigenvalue weighted by Crippen LogP contribution is -2.08. The quantitative estimate of drug-likeness (QED) is 0.646. The van der Waals surface area contributed by atoms with Crippen LogP contribution in [0.15, 0.2) is 22.7 Å². The van der Waals surface area contributed by atoms with Gasteiger partial charge in [0.2, 0.25) is 5.82 Å². The molecule has 3 aromatic rings. The fourth-order valence-electron chi connectivity index (χ4n) is 2.24. The first-order chi connectivity index (χ1) is 12.5. The minimum absolute atomic E-state index is 0.155. The molecule has 0 bridgehead atoms. The number of esters is 1. The first kappa shape index (κ1) is 17.7. The molecule has 3 rings (SSSR count). The van der Waals surface area contributed by atoms with E-state index in [1.165, 1.54) is 7.11 Å². The van der Waals surface area contributed by atoms with E-state index in [1.54, 1.807) is 32.2 Å². The van der Waals surface area contributed by atoms with Gasteiger partial charge < -0.3 is 24.5 Å². The van der Waals surface area contributed by atoms with Crippen molar-refractivity contribution in [1.82, 2.24) is 14.5 Å². The van der Waals surface area contributed by atoms with Crippen LogP contribution in [0, 0.1) is 6.92 Å². The van der Waals surface area contributed by atoms with Crippen molar-refractivity contribution >= 4 is 22.5 Å². The van der Waals surface area contributed by atoms with Crippen molar-refractivity contribution < 1.29 is 23.5 Å². The lowest BCUT2D eigenvalue weighted by Gasteiger charge is -2.07. The van der Waals surface area contributed by atoms with E-state index in [-0.39, 0.29) is 18.1 Å². The third kappa shape index (κ3) is 3.45. The Hall–Kier alpha value is -3.14. The van der Waals surface area contributed by atoms with Crippen molar-refractivity contribution in [2.24, 2.45) is 0 Å². The van der Waals surface area contributed by atoms with Crippen molar-refractivity contribution in [3.8, 4) is 22.9 Å². The van der Waals surface area contributed by atoms with Gasteiger partial charge in [-0.25, -0.2) is 4.79 Å². The predicted molar refractivity (Wildman–Crippen MR) is 93.2 cm³/mol. The number of hydrogen-bond acceptors (Lipinski definition) is 10. The number of carbonyl (C=O) groups excluding carboxylic acids is 1. The highest BCUT2D eigenvalue weighted by Gasteiger charge is 2.19. The zero-order valence-electron chi connectivity index (χ0n) is 14.3. The molecule has 0 amide bonds. The molecule has 9 nitrogen and oxygen atoms in total. The number of aryl methyl sites for hydroxylation is 1. The second-order valence-corrected chi connectivity index (χ2v) is 5.97. The van der Waals surface area contributed by atoms with Gasteiger partial charge in [0.05, 0.1) is 19.9 Å². The van der Waals surface area contributed by atoms with Gasteiger partial charge in [0.1, 0.15) is 10.6 Å². The zero-order valence-corrected chi connectivity index (χ0v) is 15.1. The molecule has 0 aliphatic rings. The molecule has 2 aromatic heterocycles. The van der Waals surface area contributed by atoms with Crippen molar-refractivity contribution in [1.29, 1.82) is 0 Å². The maximum absolute atomic E-state index is 12.1. The molecular formula is C16H16N4O5S. The Bertz CT molecular complexity index is 917. The summed E-state index contributed by atoms with van der Waals surface area (Å²) in [5.41, 5.74) is 7.18. The topological polar surface area (TPSA) is 123 Å². The van der Waals surface area contributed by atoms with Gasteiger partial charge in [-0.15, -0.1) is 0 Å². The smallest absolute Gasteiger partial charge is 0.343 e. The predicted octanol–water partition coefficient (Wildman–Crippen LogP) is 2.46. The summed E-state index contributed by atoms with van der Waals surface area (Å²) in [4.78, 5) is 16.3. The monoisotopic (exact) mass is 376 g/mol. The molecule has 0 saturated carbocycles. The third-order valence-corrected chi connectivity index (χ3v) is 4.30. The molecule has 2 N–H and O–H groups in total. The number of rotatable bonds is 6. The van der Waals surface area contributed by atoms with Crippen LogP contribution in [0.5, 0.6) is 11.5 Å². The molecule has 26 heavy (non-hydrogen) atoms. The fraction of sp³-hybridized carbons (Fsp3) is 0.250. The molecule has 0 fully saturated rings. The molecule has 1 aromatic carbocycles. The largest absolute Gasteiger partial charge is 0.493 e. The summed E-state index contributed by atoms with van der Waals surface area (Å²) in [5.74, 6) is 1.04. The van der Waals surface area contributed by atoms with Gasteiger partial charge >= 0.3 is 5.97 Å². The van der Waals surface area contributed by atoms with Crippen LogP contribution in [0.3, 0.4) is 0 Å². The number of nitrogens with two attached hydrogens (primary N) is 1. The van der Waals surface area contributed by atoms with Gasteiger partial charge in [-0.3, -0.25) is 0 Å². The summed E-state index contributed by atoms with van der Waals surface area (Å²) in [6.07, 6.45) is 0. The SMILES string of the molecule is COc1ccc(-c2noc(COC(=O)c3c(C)nsc3N)n2)cc1OC. The average Bonchev–Trinajstić information content (AvgIpc) is 3.25. The lowest BCUT2D eigenvalue weighted by atomic mass is 10.2. The van der Waals surface area contributed by atoms with E-state index in [1.807, 2.05) is 0 Å². The van der Waals surface area contributed by atoms with E-state index >= 15 is 0 Å². The Kier molecular flexibility index (Phi) is 5.03. The fourth-order valence-corrected chi connectivity index (χ4v) is 2.89. The molecule has 0 spiro atoms. The molecule has 0 aliphatic carbocycles. The van der Waals surface area contributed by atoms with Gasteiger partial charge in [0.25, 0.3) is 5.89 Å². The Morgan fingerprint density at radius 1 is 1.27 bits per heavy atom. The molecule has 10 heteroatoms. The Labute approximate surface area is 152 Å². The first-order valence-electron chi connectivity index (χ1n) is 7.47. The minimum Gasteiger partial charge on any atom is -0.493 e. The van der Waals surface area contributed by atoms with Crippen molar-refractivity contribution in [3.05, 3.63) is 35.3 Å². The van der Waals surface area contributed by atoms with E-state index in [4.69, 9.17) is 24.5 Å². The maximum Gasteiger partial charge on any atom is 0.343 e. The summed E-state index contributed by atoms with van der Waals surface area (Å²) in [7, 11) is 3.09. The minimum atomic E-state index is -0.584. The summed E-state index contributed by atoms with van der Waals surface area (Å²) in [6.45, 7) is 1.51. The second kappa shape index (κ2) is 7.40. The van der Waals surface area contributed by atoms with Crippen LogP contribution in [0.25, 0.3) is 11.4 Å². The third-order valence-electron chi connectivity index (χ3n) is 3.53. The van der Waals surface area contributed by atoms with Gasteiger partial charge in [-0.1, -0.05) is 5.16 Å². The van der Waals surface area contributed by atoms with Gasteiger partial charge in [0.15, 0.2) is 18.1 Å². The summed E-state index contributed by atoms with van der Waals surface area (Å²) in [5, 5.41) is 4.19. The van der Waals surface area contributed by atoms with Gasteiger partial charge in [0, 0.05) is 5.56 Å². The van der Waals surface area contributed by atoms with Crippen LogP contribution in [0.1, 0.15) is 21.9 Å². The molecule has 0 atom stereocenters. The van der Waals surface area contributed by atoms with E-state index in [0.29, 0.717) is 33.6 Å². The number of hydrogen-bond donors (Lipinski definition) is 1. The number of benzene rings is 1. The van der Waals surface area contributed by atoms with E-state index < -0.39 is 5.97 Å². The Morgan fingerprint density at radius 2 is 2.04 bits per heavy atom. The molecular weight excluding hydrogens is 360 g/mol. The normalized spacial score (nSPS) is 10.6. The molecule has 2 heterocycles. The number of nitrogen functional groups attached to an aromatic ring is 1. The lowest BCUT2D eigenvalue weighted by molar-refractivity contribution is 0.0430. The van der Waals surface area contributed by atoms with Gasteiger partial charge in [-0.05, 0) is 36.7 Å². The van der Waals surface area contributed by atoms with Crippen LogP contribution in [-0.4, -0.2) is 34.7 Å². The first-order valence-corrected chi connectivity index (χ1v) is 8.24. The van der Waals surface area contributed by atoms with Crippen molar-refractivity contribution in [2.45, 2.75) is 13.5 Å². The zero-order chi connectivity index (χ0) is 18.7. The standard InChI is InChI=1S/C16H16N4O5S/c1-8-13(14(17)26-20-8)16(21)24-7-12-18-15(19-25-12)9-4-5-10(22-2)11(6-9)23-3/h4-6H,7,17H2,1-3H3. The highest BCUT2D eigenvalue weighted by Crippen LogP contribution is 2.31. The number of aromatic nitrogens is 3. The second-order valence-electron chi connectivity index (χ2n) is 5.16. The van der Waals surface area contributed by atoms with Crippen LogP contribution in [-0.2, 0) is 11.3 Å². The van der Waals surface area contributed by atoms with Crippen molar-refractivity contribution in [2.75, 3.05) is 20.0 Å². The Morgan fingerprint density at radius 3 is 2.69 bits per heavy atom. The van der Waals surface area contributed by atoms with E-state index in [2.05, 4.69) is 14.5 Å². The highest BCUT2D eigenvalue weighted by molar-refractivity contribution is 7.10. The van der Waals surface area contributed by atoms with E-state index in [0.717, 1.165) is 11.5 Å². The number of carbonyl (C=O) groups is 1. The van der Waals surface area contributed by atoms with Crippen LogP contribution < -0.4 is 15.2 Å². The molecule has 136 valence electrons. The summed E-state index contributed by atoms with van der Waals surface area (Å²) < 4.78 is 24.7. The highest BCUT2D eigenvalue weighted by atomic mass is 32.1. The molecule has 0 radical (unpaired) electrons. The molecule has 0 saturated heterocycles. The average molecular weight is 376 g/mol. The van der Waals surface area contributed by atoms with Crippen LogP contribution >= 0.6 is 11.5 Å². The summed E-state index contributed by atoms with van der Waals surface area (Å²) >= 11 is 1.04. The number of methoxy groups -OCH3 is 2. The summed E-state index contributed by atoms with van der Waals surface area (Å²) in [6, 6.07) is 5.23. The van der Waals surface area contributed by atoms with E-state index in [9.17, 15) is 4.79 Å². The molecule has 0 aliphatic heterocycles. The van der Waals surface area contributed by atoms with Crippen molar-refractivity contribution in [3.63, 3.8) is 0 Å². The maximum atomic E-state index is 12.1. The number of anilines is 1. The molecule has 0 unspecified atom stereocenters. The van der Waals surface area contributed by atoms with Crippen LogP contribution in [0.2, 0.25) is 0 Å².